The number of rotatable bonds is 5. The van der Waals surface area contributed by atoms with E-state index >= 15 is 0 Å². The van der Waals surface area contributed by atoms with Crippen LogP contribution in [-0.2, 0) is 19.3 Å². The average Bonchev–Trinajstić information content (AvgIpc) is 2.48. The zero-order chi connectivity index (χ0) is 17.9. The van der Waals surface area contributed by atoms with E-state index in [2.05, 4.69) is 0 Å². The van der Waals surface area contributed by atoms with Crippen molar-refractivity contribution in [2.75, 3.05) is 14.1 Å². The minimum Gasteiger partial charge on any atom is -0.392 e. The highest BCUT2D eigenvalue weighted by Gasteiger charge is 2.31. The molecule has 0 aliphatic heterocycles. The lowest BCUT2D eigenvalue weighted by Crippen LogP contribution is -2.11. The number of aliphatic hydroxyl groups excluding tert-OH is 1. The maximum Gasteiger partial charge on any atom is 0.416 e. The Balaban J connectivity index is 2.37. The molecule has 0 amide bonds. The molecule has 0 heterocycles. The maximum atomic E-state index is 12.8. The molecule has 24 heavy (non-hydrogen) atoms. The molecular formula is C17H17ClF3NOS. The SMILES string of the molecule is CN(C)Cc1cc(Cl)ccc1Sc1ccc(C(F)(F)F)cc1CO. The first kappa shape index (κ1) is 19.1. The molecule has 2 nitrogen and oxygen atoms in total. The fourth-order valence-corrected chi connectivity index (χ4v) is 3.42. The molecule has 0 aliphatic rings. The van der Waals surface area contributed by atoms with E-state index in [-0.39, 0.29) is 5.56 Å². The van der Waals surface area contributed by atoms with Crippen LogP contribution in [0.25, 0.3) is 0 Å². The molecule has 2 aromatic carbocycles. The molecule has 0 atom stereocenters. The van der Waals surface area contributed by atoms with E-state index in [4.69, 9.17) is 11.6 Å². The zero-order valence-electron chi connectivity index (χ0n) is 13.2. The van der Waals surface area contributed by atoms with Crippen molar-refractivity contribution in [2.45, 2.75) is 29.1 Å². The van der Waals surface area contributed by atoms with Gasteiger partial charge in [-0.15, -0.1) is 0 Å². The molecule has 2 aromatic rings. The predicted molar refractivity (Wildman–Crippen MR) is 90.3 cm³/mol. The summed E-state index contributed by atoms with van der Waals surface area (Å²) in [6.45, 7) is 0.195. The lowest BCUT2D eigenvalue weighted by Gasteiger charge is -2.16. The second kappa shape index (κ2) is 7.78. The molecule has 130 valence electrons. The monoisotopic (exact) mass is 375 g/mol. The van der Waals surface area contributed by atoms with Crippen molar-refractivity contribution >= 4 is 23.4 Å². The molecule has 2 rings (SSSR count). The first-order valence-electron chi connectivity index (χ1n) is 7.12. The molecule has 0 aromatic heterocycles. The molecule has 0 spiro atoms. The lowest BCUT2D eigenvalue weighted by molar-refractivity contribution is -0.137. The van der Waals surface area contributed by atoms with Crippen molar-refractivity contribution < 1.29 is 18.3 Å². The molecule has 0 saturated heterocycles. The van der Waals surface area contributed by atoms with Gasteiger partial charge in [0.1, 0.15) is 0 Å². The van der Waals surface area contributed by atoms with Gasteiger partial charge in [0.2, 0.25) is 0 Å². The first-order valence-corrected chi connectivity index (χ1v) is 8.32. The summed E-state index contributed by atoms with van der Waals surface area (Å²) in [7, 11) is 3.85. The van der Waals surface area contributed by atoms with Gasteiger partial charge in [0.05, 0.1) is 12.2 Å². The number of hydrogen-bond donors (Lipinski definition) is 1. The van der Waals surface area contributed by atoms with E-state index < -0.39 is 18.3 Å². The van der Waals surface area contributed by atoms with E-state index in [0.717, 1.165) is 22.6 Å². The van der Waals surface area contributed by atoms with Crippen molar-refractivity contribution in [2.24, 2.45) is 0 Å². The summed E-state index contributed by atoms with van der Waals surface area (Å²) in [5.41, 5.74) is 0.461. The number of aliphatic hydroxyl groups is 1. The largest absolute Gasteiger partial charge is 0.416 e. The highest BCUT2D eigenvalue weighted by molar-refractivity contribution is 7.99. The number of nitrogens with zero attached hydrogens (tertiary/aromatic N) is 1. The quantitative estimate of drug-likeness (QED) is 0.789. The Morgan fingerprint density at radius 2 is 1.67 bits per heavy atom. The van der Waals surface area contributed by atoms with Crippen molar-refractivity contribution in [3.05, 3.63) is 58.1 Å². The van der Waals surface area contributed by atoms with E-state index in [1.165, 1.54) is 17.8 Å². The Morgan fingerprint density at radius 3 is 2.25 bits per heavy atom. The molecule has 0 radical (unpaired) electrons. The summed E-state index contributed by atoms with van der Waals surface area (Å²) in [5, 5.41) is 10.0. The standard InChI is InChI=1S/C17H17ClF3NOS/c1-22(2)9-11-8-14(18)4-6-15(11)24-16-5-3-13(17(19,20)21)7-12(16)10-23/h3-8,23H,9-10H2,1-2H3. The van der Waals surface area contributed by atoms with Gasteiger partial charge in [0.25, 0.3) is 0 Å². The number of alkyl halides is 3. The van der Waals surface area contributed by atoms with Crippen LogP contribution < -0.4 is 0 Å². The maximum absolute atomic E-state index is 12.8. The van der Waals surface area contributed by atoms with Crippen LogP contribution in [0.1, 0.15) is 16.7 Å². The summed E-state index contributed by atoms with van der Waals surface area (Å²) in [6, 6.07) is 8.84. The minimum absolute atomic E-state index is 0.251. The van der Waals surface area contributed by atoms with Crippen molar-refractivity contribution in [3.63, 3.8) is 0 Å². The van der Waals surface area contributed by atoms with Crippen LogP contribution in [0.3, 0.4) is 0 Å². The Labute approximate surface area is 148 Å². The van der Waals surface area contributed by atoms with Gasteiger partial charge in [-0.3, -0.25) is 0 Å². The van der Waals surface area contributed by atoms with E-state index in [1.807, 2.05) is 31.1 Å². The van der Waals surface area contributed by atoms with Gasteiger partial charge in [-0.2, -0.15) is 13.2 Å². The summed E-state index contributed by atoms with van der Waals surface area (Å²) in [5.74, 6) is 0. The van der Waals surface area contributed by atoms with Gasteiger partial charge in [0.15, 0.2) is 0 Å². The van der Waals surface area contributed by atoms with Gasteiger partial charge in [-0.05, 0) is 61.6 Å². The minimum atomic E-state index is -4.43. The van der Waals surface area contributed by atoms with E-state index in [0.29, 0.717) is 16.5 Å². The Morgan fingerprint density at radius 1 is 1.04 bits per heavy atom. The van der Waals surface area contributed by atoms with Gasteiger partial charge < -0.3 is 10.0 Å². The molecule has 0 unspecified atom stereocenters. The van der Waals surface area contributed by atoms with E-state index in [9.17, 15) is 18.3 Å². The van der Waals surface area contributed by atoms with Gasteiger partial charge in [0, 0.05) is 21.4 Å². The second-order valence-electron chi connectivity index (χ2n) is 5.57. The van der Waals surface area contributed by atoms with Crippen LogP contribution in [0.4, 0.5) is 13.2 Å². The Bertz CT molecular complexity index is 719. The Hall–Kier alpha value is -1.21. The molecule has 0 bridgehead atoms. The normalized spacial score (nSPS) is 12.0. The molecule has 0 aliphatic carbocycles. The molecule has 7 heteroatoms. The zero-order valence-corrected chi connectivity index (χ0v) is 14.8. The predicted octanol–water partition coefficient (Wildman–Crippen LogP) is 5.06. The third-order valence-corrected chi connectivity index (χ3v) is 4.76. The van der Waals surface area contributed by atoms with Crippen LogP contribution in [0.5, 0.6) is 0 Å². The highest BCUT2D eigenvalue weighted by Crippen LogP contribution is 2.37. The topological polar surface area (TPSA) is 23.5 Å². The fourth-order valence-electron chi connectivity index (χ4n) is 2.21. The third kappa shape index (κ3) is 4.89. The van der Waals surface area contributed by atoms with Crippen LogP contribution in [0.2, 0.25) is 5.02 Å². The fraction of sp³-hybridized carbons (Fsp3) is 0.294. The summed E-state index contributed by atoms with van der Waals surface area (Å²) < 4.78 is 38.4. The summed E-state index contributed by atoms with van der Waals surface area (Å²) in [4.78, 5) is 3.46. The molecule has 1 N–H and O–H groups in total. The van der Waals surface area contributed by atoms with Crippen molar-refractivity contribution in [1.82, 2.24) is 4.90 Å². The molecular weight excluding hydrogens is 359 g/mol. The van der Waals surface area contributed by atoms with Gasteiger partial charge in [-0.1, -0.05) is 23.4 Å². The van der Waals surface area contributed by atoms with Gasteiger partial charge >= 0.3 is 6.18 Å². The van der Waals surface area contributed by atoms with Crippen LogP contribution >= 0.6 is 23.4 Å². The average molecular weight is 376 g/mol. The first-order chi connectivity index (χ1) is 11.2. The molecule has 0 saturated carbocycles. The van der Waals surface area contributed by atoms with Crippen LogP contribution in [0.15, 0.2) is 46.2 Å². The smallest absolute Gasteiger partial charge is 0.392 e. The van der Waals surface area contributed by atoms with Crippen molar-refractivity contribution in [1.29, 1.82) is 0 Å². The van der Waals surface area contributed by atoms with E-state index in [1.54, 1.807) is 6.07 Å². The number of hydrogen-bond acceptors (Lipinski definition) is 3. The third-order valence-electron chi connectivity index (χ3n) is 3.29. The number of benzene rings is 2. The summed E-state index contributed by atoms with van der Waals surface area (Å²) in [6.07, 6.45) is -4.43. The van der Waals surface area contributed by atoms with Gasteiger partial charge in [-0.25, -0.2) is 0 Å². The molecule has 0 fully saturated rings. The Kier molecular flexibility index (Phi) is 6.20. The highest BCUT2D eigenvalue weighted by atomic mass is 35.5. The second-order valence-corrected chi connectivity index (χ2v) is 7.09. The van der Waals surface area contributed by atoms with Crippen LogP contribution in [0, 0.1) is 0 Å². The lowest BCUT2D eigenvalue weighted by atomic mass is 10.1. The van der Waals surface area contributed by atoms with Crippen LogP contribution in [-0.4, -0.2) is 24.1 Å². The summed E-state index contributed by atoms with van der Waals surface area (Å²) >= 11 is 7.36. The number of halogens is 4. The van der Waals surface area contributed by atoms with Crippen molar-refractivity contribution in [3.8, 4) is 0 Å².